The second kappa shape index (κ2) is 17.8. The van der Waals surface area contributed by atoms with E-state index in [1.807, 2.05) is 35.7 Å². The van der Waals surface area contributed by atoms with Crippen molar-refractivity contribution >= 4 is 53.5 Å². The van der Waals surface area contributed by atoms with Crippen molar-refractivity contribution in [2.75, 3.05) is 43.7 Å². The van der Waals surface area contributed by atoms with Gasteiger partial charge in [0.25, 0.3) is 0 Å². The zero-order valence-corrected chi connectivity index (χ0v) is 18.8. The molecule has 0 aliphatic rings. The average molecular weight is 486 g/mol. The van der Waals surface area contributed by atoms with E-state index < -0.39 is 0 Å². The molecule has 24 heavy (non-hydrogen) atoms. The van der Waals surface area contributed by atoms with Gasteiger partial charge in [-0.05, 0) is 43.2 Å². The summed E-state index contributed by atoms with van der Waals surface area (Å²) in [4.78, 5) is 4.68. The van der Waals surface area contributed by atoms with E-state index in [9.17, 15) is 0 Å². The van der Waals surface area contributed by atoms with E-state index in [4.69, 9.17) is 4.42 Å². The smallest absolute Gasteiger partial charge is 0.191 e. The lowest BCUT2D eigenvalue weighted by molar-refractivity contribution is 0.507. The van der Waals surface area contributed by atoms with Crippen molar-refractivity contribution in [1.29, 1.82) is 0 Å². The minimum Gasteiger partial charge on any atom is -0.469 e. The number of unbranched alkanes of at least 4 members (excludes halogenated alkanes) is 3. The van der Waals surface area contributed by atoms with Gasteiger partial charge >= 0.3 is 0 Å². The van der Waals surface area contributed by atoms with Gasteiger partial charge in [0, 0.05) is 31.8 Å². The highest BCUT2D eigenvalue weighted by molar-refractivity contribution is 14.0. The number of hydrogen-bond acceptors (Lipinski definition) is 4. The maximum atomic E-state index is 5.35. The van der Waals surface area contributed by atoms with Crippen LogP contribution in [0.15, 0.2) is 27.8 Å². The number of hydrogen-bond donors (Lipinski definition) is 2. The first-order valence-corrected chi connectivity index (χ1v) is 11.2. The van der Waals surface area contributed by atoms with Gasteiger partial charge in [0.05, 0.1) is 6.26 Å². The van der Waals surface area contributed by atoms with E-state index >= 15 is 0 Å². The van der Waals surface area contributed by atoms with Crippen molar-refractivity contribution in [2.45, 2.75) is 32.1 Å². The van der Waals surface area contributed by atoms with Crippen molar-refractivity contribution < 1.29 is 4.42 Å². The normalized spacial score (nSPS) is 11.2. The first-order chi connectivity index (χ1) is 11.4. The van der Waals surface area contributed by atoms with Crippen LogP contribution in [0.5, 0.6) is 0 Å². The van der Waals surface area contributed by atoms with Gasteiger partial charge in [0.1, 0.15) is 5.76 Å². The zero-order chi connectivity index (χ0) is 16.6. The predicted molar refractivity (Wildman–Crippen MR) is 121 cm³/mol. The molecule has 0 bridgehead atoms. The molecule has 0 atom stereocenters. The van der Waals surface area contributed by atoms with E-state index in [1.165, 1.54) is 31.4 Å². The molecule has 1 aromatic heterocycles. The molecule has 0 fully saturated rings. The number of halogens is 1. The Labute approximate surface area is 172 Å². The van der Waals surface area contributed by atoms with Crippen LogP contribution in [0.2, 0.25) is 0 Å². The van der Waals surface area contributed by atoms with Crippen molar-refractivity contribution in [3.05, 3.63) is 24.2 Å². The van der Waals surface area contributed by atoms with Crippen molar-refractivity contribution in [2.24, 2.45) is 4.99 Å². The van der Waals surface area contributed by atoms with Gasteiger partial charge in [-0.25, -0.2) is 0 Å². The first-order valence-electron chi connectivity index (χ1n) is 8.39. The van der Waals surface area contributed by atoms with E-state index in [1.54, 1.807) is 6.26 Å². The largest absolute Gasteiger partial charge is 0.469 e. The van der Waals surface area contributed by atoms with Crippen molar-refractivity contribution in [3.8, 4) is 0 Å². The number of aliphatic imine (C=N–C) groups is 1. The molecule has 140 valence electrons. The summed E-state index contributed by atoms with van der Waals surface area (Å²) in [5.41, 5.74) is 0. The van der Waals surface area contributed by atoms with Gasteiger partial charge in [0.2, 0.25) is 0 Å². The minimum absolute atomic E-state index is 0. The molecule has 0 spiro atoms. The molecule has 0 aliphatic heterocycles. The molecule has 7 heteroatoms. The Morgan fingerprint density at radius 1 is 1.04 bits per heavy atom. The fourth-order valence-corrected chi connectivity index (χ4v) is 2.91. The van der Waals surface area contributed by atoms with Crippen LogP contribution in [0.25, 0.3) is 0 Å². The molecule has 1 rings (SSSR count). The van der Waals surface area contributed by atoms with Crippen molar-refractivity contribution in [1.82, 2.24) is 10.6 Å². The molecule has 0 aromatic carbocycles. The number of furan rings is 1. The van der Waals surface area contributed by atoms with Crippen LogP contribution in [0.1, 0.15) is 31.4 Å². The quantitative estimate of drug-likeness (QED) is 0.189. The van der Waals surface area contributed by atoms with Crippen LogP contribution in [0.4, 0.5) is 0 Å². The summed E-state index contributed by atoms with van der Waals surface area (Å²) in [6.07, 6.45) is 12.0. The molecule has 1 aromatic rings. The van der Waals surface area contributed by atoms with Crippen LogP contribution in [0.3, 0.4) is 0 Å². The SMILES string of the molecule is CSCCCCCCN=C(NCCSC)NCCc1ccco1.I. The molecule has 0 saturated carbocycles. The Morgan fingerprint density at radius 2 is 1.79 bits per heavy atom. The summed E-state index contributed by atoms with van der Waals surface area (Å²) >= 11 is 3.77. The second-order valence-electron chi connectivity index (χ2n) is 5.31. The molecule has 4 nitrogen and oxygen atoms in total. The number of nitrogens with zero attached hydrogens (tertiary/aromatic N) is 1. The Morgan fingerprint density at radius 3 is 2.50 bits per heavy atom. The Balaban J connectivity index is 0.00000529. The highest BCUT2D eigenvalue weighted by Gasteiger charge is 2.00. The standard InChI is InChI=1S/C17H31N3OS2.HI/c1-22-14-6-4-3-5-10-18-17(20-12-15-23-2)19-11-9-16-8-7-13-21-16;/h7-8,13H,3-6,9-12,14-15H2,1-2H3,(H2,18,19,20);1H. The monoisotopic (exact) mass is 485 g/mol. The predicted octanol–water partition coefficient (Wildman–Crippen LogP) is 4.26. The summed E-state index contributed by atoms with van der Waals surface area (Å²) in [5, 5.41) is 6.79. The van der Waals surface area contributed by atoms with Gasteiger partial charge in [-0.3, -0.25) is 4.99 Å². The molecular formula is C17H32IN3OS2. The minimum atomic E-state index is 0. The number of thioether (sulfide) groups is 2. The Kier molecular flexibility index (Phi) is 17.8. The summed E-state index contributed by atoms with van der Waals surface area (Å²) in [7, 11) is 0. The van der Waals surface area contributed by atoms with Gasteiger partial charge in [-0.2, -0.15) is 23.5 Å². The second-order valence-corrected chi connectivity index (χ2v) is 7.28. The van der Waals surface area contributed by atoms with Crippen LogP contribution in [-0.4, -0.2) is 49.6 Å². The van der Waals surface area contributed by atoms with Crippen LogP contribution < -0.4 is 10.6 Å². The highest BCUT2D eigenvalue weighted by atomic mass is 127. The molecule has 0 amide bonds. The fourth-order valence-electron chi connectivity index (χ4n) is 2.11. The lowest BCUT2D eigenvalue weighted by Crippen LogP contribution is -2.39. The summed E-state index contributed by atoms with van der Waals surface area (Å²) in [6, 6.07) is 3.94. The van der Waals surface area contributed by atoms with E-state index in [2.05, 4.69) is 28.1 Å². The van der Waals surface area contributed by atoms with Gasteiger partial charge < -0.3 is 15.1 Å². The number of guanidine groups is 1. The number of rotatable bonds is 13. The summed E-state index contributed by atoms with van der Waals surface area (Å²) in [5.74, 6) is 4.30. The maximum Gasteiger partial charge on any atom is 0.191 e. The van der Waals surface area contributed by atoms with E-state index in [-0.39, 0.29) is 24.0 Å². The van der Waals surface area contributed by atoms with E-state index in [0.29, 0.717) is 0 Å². The molecular weight excluding hydrogens is 453 g/mol. The maximum absolute atomic E-state index is 5.35. The summed E-state index contributed by atoms with van der Waals surface area (Å²) in [6.45, 7) is 2.68. The van der Waals surface area contributed by atoms with Crippen molar-refractivity contribution in [3.63, 3.8) is 0 Å². The van der Waals surface area contributed by atoms with Gasteiger partial charge in [0.15, 0.2) is 5.96 Å². The molecule has 0 saturated heterocycles. The Bertz CT molecular complexity index is 403. The third-order valence-electron chi connectivity index (χ3n) is 3.37. The lowest BCUT2D eigenvalue weighted by atomic mass is 10.2. The van der Waals surface area contributed by atoms with Gasteiger partial charge in [-0.1, -0.05) is 12.8 Å². The first kappa shape index (κ1) is 24.0. The molecule has 0 radical (unpaired) electrons. The number of nitrogens with one attached hydrogen (secondary N) is 2. The topological polar surface area (TPSA) is 49.6 Å². The fraction of sp³-hybridized carbons (Fsp3) is 0.706. The van der Waals surface area contributed by atoms with Crippen LogP contribution >= 0.6 is 47.5 Å². The molecule has 2 N–H and O–H groups in total. The van der Waals surface area contributed by atoms with Gasteiger partial charge in [-0.15, -0.1) is 24.0 Å². The Hall–Kier alpha value is -0.0200. The third kappa shape index (κ3) is 13.3. The van der Waals surface area contributed by atoms with E-state index in [0.717, 1.165) is 43.5 Å². The molecule has 0 aliphatic carbocycles. The third-order valence-corrected chi connectivity index (χ3v) is 4.68. The zero-order valence-electron chi connectivity index (χ0n) is 14.9. The highest BCUT2D eigenvalue weighted by Crippen LogP contribution is 2.04. The molecule has 1 heterocycles. The molecule has 0 unspecified atom stereocenters. The average Bonchev–Trinajstić information content (AvgIpc) is 3.07. The summed E-state index contributed by atoms with van der Waals surface area (Å²) < 4.78 is 5.35. The van der Waals surface area contributed by atoms with Crippen LogP contribution in [-0.2, 0) is 6.42 Å². The lowest BCUT2D eigenvalue weighted by Gasteiger charge is -2.11. The van der Waals surface area contributed by atoms with Crippen LogP contribution in [0, 0.1) is 0 Å².